The Bertz CT molecular complexity index is 1120. The lowest BCUT2D eigenvalue weighted by Gasteiger charge is -2.08. The van der Waals surface area contributed by atoms with Crippen molar-refractivity contribution in [2.24, 2.45) is 0 Å². The molecule has 1 amide bonds. The number of nitrogens with zero attached hydrogens (tertiary/aromatic N) is 1. The summed E-state index contributed by atoms with van der Waals surface area (Å²) in [5.74, 6) is 0.101. The summed E-state index contributed by atoms with van der Waals surface area (Å²) >= 11 is 0. The van der Waals surface area contributed by atoms with Crippen molar-refractivity contribution in [2.45, 2.75) is 0 Å². The normalized spacial score (nSPS) is 10.2. The zero-order valence-electron chi connectivity index (χ0n) is 13.6. The lowest BCUT2D eigenvalue weighted by atomic mass is 10.2. The third-order valence-electron chi connectivity index (χ3n) is 3.45. The predicted octanol–water partition coefficient (Wildman–Crippen LogP) is 2.02. The van der Waals surface area contributed by atoms with E-state index in [2.05, 4.69) is 10.3 Å². The number of nitrogens with one attached hydrogen (secondary N) is 3. The number of anilines is 1. The fourth-order valence-electron chi connectivity index (χ4n) is 2.17. The van der Waals surface area contributed by atoms with Crippen LogP contribution in [0, 0.1) is 10.1 Å². The number of hydrogen-bond acceptors (Lipinski definition) is 6. The lowest BCUT2D eigenvalue weighted by Crippen LogP contribution is -2.26. The van der Waals surface area contributed by atoms with Gasteiger partial charge in [0.05, 0.1) is 4.92 Å². The molecule has 0 fully saturated rings. The van der Waals surface area contributed by atoms with Crippen LogP contribution in [0.3, 0.4) is 0 Å². The number of rotatable bonds is 5. The molecular formula is C17H12N4O6. The number of aromatic nitrogens is 2. The third-order valence-corrected chi connectivity index (χ3v) is 3.45. The van der Waals surface area contributed by atoms with Crippen molar-refractivity contribution in [3.05, 3.63) is 91.2 Å². The first-order chi connectivity index (χ1) is 12.9. The first-order valence-corrected chi connectivity index (χ1v) is 7.58. The Hall–Kier alpha value is -4.21. The second-order valence-electron chi connectivity index (χ2n) is 5.32. The summed E-state index contributed by atoms with van der Waals surface area (Å²) in [5, 5.41) is 13.0. The molecule has 0 aliphatic rings. The van der Waals surface area contributed by atoms with Crippen molar-refractivity contribution in [2.75, 3.05) is 5.32 Å². The molecule has 0 aliphatic heterocycles. The number of non-ortho nitro benzene ring substituents is 1. The molecule has 0 bridgehead atoms. The molecule has 3 aromatic rings. The van der Waals surface area contributed by atoms with Crippen molar-refractivity contribution < 1.29 is 14.5 Å². The van der Waals surface area contributed by atoms with Crippen LogP contribution in [-0.4, -0.2) is 20.8 Å². The summed E-state index contributed by atoms with van der Waals surface area (Å²) in [7, 11) is 0. The van der Waals surface area contributed by atoms with Gasteiger partial charge in [-0.05, 0) is 30.3 Å². The molecule has 2 aromatic carbocycles. The molecule has 0 atom stereocenters. The Morgan fingerprint density at radius 2 is 1.81 bits per heavy atom. The number of benzene rings is 2. The summed E-state index contributed by atoms with van der Waals surface area (Å²) in [6.07, 6.45) is 1.09. The largest absolute Gasteiger partial charge is 0.457 e. The number of hydrogen-bond donors (Lipinski definition) is 3. The molecule has 0 saturated carbocycles. The first kappa shape index (κ1) is 17.6. The van der Waals surface area contributed by atoms with Crippen LogP contribution in [0.25, 0.3) is 0 Å². The van der Waals surface area contributed by atoms with E-state index in [1.165, 1.54) is 36.4 Å². The molecule has 3 N–H and O–H groups in total. The van der Waals surface area contributed by atoms with E-state index in [0.717, 1.165) is 6.20 Å². The maximum absolute atomic E-state index is 12.3. The smallest absolute Gasteiger partial charge is 0.325 e. The van der Waals surface area contributed by atoms with Crippen LogP contribution in [0.4, 0.5) is 11.4 Å². The van der Waals surface area contributed by atoms with E-state index in [4.69, 9.17) is 4.74 Å². The number of carbonyl (C=O) groups excluding carboxylic acids is 1. The molecule has 1 heterocycles. The zero-order chi connectivity index (χ0) is 19.4. The summed E-state index contributed by atoms with van der Waals surface area (Å²) in [6.45, 7) is 0. The van der Waals surface area contributed by atoms with Gasteiger partial charge in [-0.15, -0.1) is 0 Å². The fourth-order valence-corrected chi connectivity index (χ4v) is 2.17. The standard InChI is InChI=1S/C17H12N4O6/c22-15(19-14-9-18-17(24)20-16(14)23)10-2-1-3-13(8-10)27-12-6-4-11(5-7-12)21(25)26/h1-9H,(H,19,22)(H2,18,20,23,24). The molecule has 0 saturated heterocycles. The number of nitro groups is 1. The molecule has 27 heavy (non-hydrogen) atoms. The van der Waals surface area contributed by atoms with Gasteiger partial charge in [0.1, 0.15) is 17.2 Å². The average Bonchev–Trinajstić information content (AvgIpc) is 2.64. The Kier molecular flexibility index (Phi) is 4.79. The molecule has 0 spiro atoms. The zero-order valence-corrected chi connectivity index (χ0v) is 13.6. The van der Waals surface area contributed by atoms with Gasteiger partial charge in [0, 0.05) is 23.9 Å². The molecule has 0 radical (unpaired) electrons. The highest BCUT2D eigenvalue weighted by molar-refractivity contribution is 6.04. The van der Waals surface area contributed by atoms with Gasteiger partial charge in [-0.1, -0.05) is 6.07 Å². The maximum atomic E-state index is 12.3. The molecule has 3 rings (SSSR count). The highest BCUT2D eigenvalue weighted by Crippen LogP contribution is 2.24. The molecule has 10 heteroatoms. The van der Waals surface area contributed by atoms with Crippen LogP contribution in [0.2, 0.25) is 0 Å². The summed E-state index contributed by atoms with van der Waals surface area (Å²) < 4.78 is 5.58. The van der Waals surface area contributed by atoms with Gasteiger partial charge in [-0.25, -0.2) is 4.79 Å². The van der Waals surface area contributed by atoms with Gasteiger partial charge in [-0.2, -0.15) is 0 Å². The van der Waals surface area contributed by atoms with E-state index < -0.39 is 22.1 Å². The number of H-pyrrole nitrogens is 2. The highest BCUT2D eigenvalue weighted by Gasteiger charge is 2.11. The molecule has 10 nitrogen and oxygen atoms in total. The second-order valence-corrected chi connectivity index (χ2v) is 5.32. The SMILES string of the molecule is O=C(Nc1c[nH]c(=O)[nH]c1=O)c1cccc(Oc2ccc([N+](=O)[O-])cc2)c1. The minimum Gasteiger partial charge on any atom is -0.457 e. The van der Waals surface area contributed by atoms with Crippen LogP contribution in [0.15, 0.2) is 64.3 Å². The van der Waals surface area contributed by atoms with Gasteiger partial charge in [0.2, 0.25) is 0 Å². The van der Waals surface area contributed by atoms with E-state index in [9.17, 15) is 24.5 Å². The highest BCUT2D eigenvalue weighted by atomic mass is 16.6. The minimum atomic E-state index is -0.731. The van der Waals surface area contributed by atoms with Gasteiger partial charge in [0.15, 0.2) is 0 Å². The van der Waals surface area contributed by atoms with E-state index in [1.54, 1.807) is 12.1 Å². The van der Waals surface area contributed by atoms with Gasteiger partial charge in [0.25, 0.3) is 17.2 Å². The van der Waals surface area contributed by atoms with Gasteiger partial charge < -0.3 is 15.0 Å². The van der Waals surface area contributed by atoms with Crippen molar-refractivity contribution >= 4 is 17.3 Å². The number of carbonyl (C=O) groups is 1. The van der Waals surface area contributed by atoms with Crippen molar-refractivity contribution in [1.82, 2.24) is 9.97 Å². The average molecular weight is 368 g/mol. The number of ether oxygens (including phenoxy) is 1. The first-order valence-electron chi connectivity index (χ1n) is 7.58. The van der Waals surface area contributed by atoms with Gasteiger partial charge >= 0.3 is 5.69 Å². The predicted molar refractivity (Wildman–Crippen MR) is 95.2 cm³/mol. The molecular weight excluding hydrogens is 356 g/mol. The van der Waals surface area contributed by atoms with Crippen LogP contribution < -0.4 is 21.3 Å². The van der Waals surface area contributed by atoms with Crippen molar-refractivity contribution in [1.29, 1.82) is 0 Å². The molecule has 1 aromatic heterocycles. The van der Waals surface area contributed by atoms with E-state index in [1.807, 2.05) is 4.98 Å². The Labute approximate surface area is 150 Å². The Balaban J connectivity index is 1.76. The quantitative estimate of drug-likeness (QED) is 0.463. The van der Waals surface area contributed by atoms with E-state index in [-0.39, 0.29) is 16.9 Å². The Morgan fingerprint density at radius 3 is 2.48 bits per heavy atom. The lowest BCUT2D eigenvalue weighted by molar-refractivity contribution is -0.384. The van der Waals surface area contributed by atoms with Crippen molar-refractivity contribution in [3.8, 4) is 11.5 Å². The second kappa shape index (κ2) is 7.35. The minimum absolute atomic E-state index is 0.0680. The number of nitro benzene ring substituents is 1. The summed E-state index contributed by atoms with van der Waals surface area (Å²) in [4.78, 5) is 49.3. The summed E-state index contributed by atoms with van der Waals surface area (Å²) in [5.41, 5.74) is -1.38. The van der Waals surface area contributed by atoms with Crippen LogP contribution in [0.1, 0.15) is 10.4 Å². The maximum Gasteiger partial charge on any atom is 0.325 e. The molecule has 0 unspecified atom stereocenters. The summed E-state index contributed by atoms with van der Waals surface area (Å²) in [6, 6.07) is 11.6. The van der Waals surface area contributed by atoms with E-state index in [0.29, 0.717) is 11.5 Å². The van der Waals surface area contributed by atoms with Crippen molar-refractivity contribution in [3.63, 3.8) is 0 Å². The Morgan fingerprint density at radius 1 is 1.07 bits per heavy atom. The van der Waals surface area contributed by atoms with Crippen LogP contribution in [0.5, 0.6) is 11.5 Å². The van der Waals surface area contributed by atoms with Crippen LogP contribution >= 0.6 is 0 Å². The molecule has 136 valence electrons. The fraction of sp³-hybridized carbons (Fsp3) is 0. The topological polar surface area (TPSA) is 147 Å². The van der Waals surface area contributed by atoms with E-state index >= 15 is 0 Å². The third kappa shape index (κ3) is 4.25. The number of amides is 1. The van der Waals surface area contributed by atoms with Crippen LogP contribution in [-0.2, 0) is 0 Å². The number of aromatic amines is 2. The molecule has 0 aliphatic carbocycles. The van der Waals surface area contributed by atoms with Gasteiger partial charge in [-0.3, -0.25) is 24.7 Å². The monoisotopic (exact) mass is 368 g/mol.